The van der Waals surface area contributed by atoms with Crippen molar-refractivity contribution in [2.24, 2.45) is 0 Å². The lowest BCUT2D eigenvalue weighted by Crippen LogP contribution is -2.25. The SMILES string of the molecule is C=CC(=O)Nc1ccc(C(=O)NCCc2cnn(-c3ccccc3)n2)cc1. The molecule has 3 aromatic rings. The Labute approximate surface area is 156 Å². The normalized spacial score (nSPS) is 10.2. The highest BCUT2D eigenvalue weighted by Crippen LogP contribution is 2.10. The Kier molecular flexibility index (Phi) is 5.73. The lowest BCUT2D eigenvalue weighted by atomic mass is 10.2. The largest absolute Gasteiger partial charge is 0.352 e. The van der Waals surface area contributed by atoms with Gasteiger partial charge < -0.3 is 10.6 Å². The first-order valence-corrected chi connectivity index (χ1v) is 8.44. The van der Waals surface area contributed by atoms with Crippen molar-refractivity contribution < 1.29 is 9.59 Å². The Bertz CT molecular complexity index is 933. The maximum absolute atomic E-state index is 12.2. The number of nitrogens with one attached hydrogen (secondary N) is 2. The predicted octanol–water partition coefficient (Wildman–Crippen LogP) is 2.36. The van der Waals surface area contributed by atoms with Crippen molar-refractivity contribution in [1.29, 1.82) is 0 Å². The van der Waals surface area contributed by atoms with Crippen molar-refractivity contribution in [1.82, 2.24) is 20.3 Å². The number of nitrogens with zero attached hydrogens (tertiary/aromatic N) is 3. The van der Waals surface area contributed by atoms with Gasteiger partial charge in [-0.2, -0.15) is 15.0 Å². The number of hydrogen-bond donors (Lipinski definition) is 2. The molecule has 7 heteroatoms. The van der Waals surface area contributed by atoms with Crippen LogP contribution < -0.4 is 10.6 Å². The van der Waals surface area contributed by atoms with Crippen molar-refractivity contribution in [3.63, 3.8) is 0 Å². The number of carbonyl (C=O) groups is 2. The minimum absolute atomic E-state index is 0.188. The zero-order chi connectivity index (χ0) is 19.1. The van der Waals surface area contributed by atoms with Gasteiger partial charge in [0.25, 0.3) is 5.91 Å². The average molecular weight is 361 g/mol. The zero-order valence-corrected chi connectivity index (χ0v) is 14.6. The number of amides is 2. The summed E-state index contributed by atoms with van der Waals surface area (Å²) in [7, 11) is 0. The Balaban J connectivity index is 1.50. The number of hydrogen-bond acceptors (Lipinski definition) is 4. The van der Waals surface area contributed by atoms with E-state index >= 15 is 0 Å². The molecule has 0 unspecified atom stereocenters. The van der Waals surface area contributed by atoms with Crippen molar-refractivity contribution in [2.45, 2.75) is 6.42 Å². The number of rotatable bonds is 7. The fourth-order valence-corrected chi connectivity index (χ4v) is 2.40. The van der Waals surface area contributed by atoms with E-state index in [0.717, 1.165) is 11.4 Å². The molecule has 2 amide bonds. The van der Waals surface area contributed by atoms with E-state index in [2.05, 4.69) is 27.4 Å². The summed E-state index contributed by atoms with van der Waals surface area (Å²) in [6.07, 6.45) is 3.46. The fourth-order valence-electron chi connectivity index (χ4n) is 2.40. The molecule has 0 aliphatic carbocycles. The van der Waals surface area contributed by atoms with Crippen LogP contribution in [0.2, 0.25) is 0 Å². The van der Waals surface area contributed by atoms with Crippen LogP contribution in [0.1, 0.15) is 16.1 Å². The van der Waals surface area contributed by atoms with Gasteiger partial charge in [-0.15, -0.1) is 0 Å². The Morgan fingerprint density at radius 2 is 1.81 bits per heavy atom. The topological polar surface area (TPSA) is 88.9 Å². The summed E-state index contributed by atoms with van der Waals surface area (Å²) >= 11 is 0. The maximum Gasteiger partial charge on any atom is 0.251 e. The summed E-state index contributed by atoms with van der Waals surface area (Å²) < 4.78 is 0. The highest BCUT2D eigenvalue weighted by atomic mass is 16.2. The van der Waals surface area contributed by atoms with Gasteiger partial charge in [0.15, 0.2) is 0 Å². The minimum Gasteiger partial charge on any atom is -0.352 e. The van der Waals surface area contributed by atoms with Crippen LogP contribution in [-0.4, -0.2) is 33.4 Å². The van der Waals surface area contributed by atoms with Crippen molar-refractivity contribution >= 4 is 17.5 Å². The van der Waals surface area contributed by atoms with E-state index in [1.807, 2.05) is 30.3 Å². The molecule has 1 heterocycles. The molecule has 0 bridgehead atoms. The van der Waals surface area contributed by atoms with Gasteiger partial charge >= 0.3 is 0 Å². The lowest BCUT2D eigenvalue weighted by Gasteiger charge is -2.06. The highest BCUT2D eigenvalue weighted by Gasteiger charge is 2.07. The molecule has 0 saturated heterocycles. The second-order valence-corrected chi connectivity index (χ2v) is 5.74. The van der Waals surface area contributed by atoms with E-state index in [-0.39, 0.29) is 11.8 Å². The Morgan fingerprint density at radius 3 is 2.52 bits per heavy atom. The van der Waals surface area contributed by atoms with E-state index < -0.39 is 0 Å². The average Bonchev–Trinajstić information content (AvgIpc) is 3.18. The molecule has 0 aliphatic heterocycles. The molecule has 0 fully saturated rings. The summed E-state index contributed by atoms with van der Waals surface area (Å²) in [4.78, 5) is 25.0. The zero-order valence-electron chi connectivity index (χ0n) is 14.6. The third-order valence-corrected chi connectivity index (χ3v) is 3.79. The van der Waals surface area contributed by atoms with Crippen LogP contribution >= 0.6 is 0 Å². The summed E-state index contributed by atoms with van der Waals surface area (Å²) in [5.74, 6) is -0.484. The van der Waals surface area contributed by atoms with Gasteiger partial charge in [-0.3, -0.25) is 9.59 Å². The molecule has 0 radical (unpaired) electrons. The second kappa shape index (κ2) is 8.57. The Morgan fingerprint density at radius 1 is 1.07 bits per heavy atom. The molecule has 3 rings (SSSR count). The minimum atomic E-state index is -0.296. The van der Waals surface area contributed by atoms with E-state index in [1.54, 1.807) is 35.3 Å². The molecule has 0 aliphatic rings. The summed E-state index contributed by atoms with van der Waals surface area (Å²) in [5.41, 5.74) is 2.80. The van der Waals surface area contributed by atoms with E-state index in [9.17, 15) is 9.59 Å². The van der Waals surface area contributed by atoms with Gasteiger partial charge in [0.05, 0.1) is 17.6 Å². The number of benzene rings is 2. The molecular weight excluding hydrogens is 342 g/mol. The molecule has 136 valence electrons. The highest BCUT2D eigenvalue weighted by molar-refractivity contribution is 5.99. The number of anilines is 1. The van der Waals surface area contributed by atoms with Gasteiger partial charge in [-0.05, 0) is 42.5 Å². The van der Waals surface area contributed by atoms with Gasteiger partial charge in [0.2, 0.25) is 5.91 Å². The summed E-state index contributed by atoms with van der Waals surface area (Å²) in [6, 6.07) is 16.3. The van der Waals surface area contributed by atoms with Crippen LogP contribution in [0.5, 0.6) is 0 Å². The van der Waals surface area contributed by atoms with Gasteiger partial charge in [0, 0.05) is 24.2 Å². The van der Waals surface area contributed by atoms with Crippen molar-refractivity contribution in [2.75, 3.05) is 11.9 Å². The number of carbonyl (C=O) groups excluding carboxylic acids is 2. The molecule has 1 aromatic heterocycles. The standard InChI is InChI=1S/C20H19N5O2/c1-2-19(26)23-16-10-8-15(9-11-16)20(27)21-13-12-17-14-22-25(24-17)18-6-4-3-5-7-18/h2-11,14H,1,12-13H2,(H,21,27)(H,23,26). The fraction of sp³-hybridized carbons (Fsp3) is 0.100. The third-order valence-electron chi connectivity index (χ3n) is 3.79. The van der Waals surface area contributed by atoms with E-state index in [1.165, 1.54) is 6.08 Å². The van der Waals surface area contributed by atoms with Crippen molar-refractivity contribution in [3.8, 4) is 5.69 Å². The monoisotopic (exact) mass is 361 g/mol. The molecule has 0 saturated carbocycles. The maximum atomic E-state index is 12.2. The van der Waals surface area contributed by atoms with Crippen molar-refractivity contribution in [3.05, 3.63) is 84.7 Å². The van der Waals surface area contributed by atoms with Crippen LogP contribution in [0.3, 0.4) is 0 Å². The third kappa shape index (κ3) is 4.88. The molecule has 0 atom stereocenters. The second-order valence-electron chi connectivity index (χ2n) is 5.74. The predicted molar refractivity (Wildman–Crippen MR) is 103 cm³/mol. The van der Waals surface area contributed by atoms with E-state index in [4.69, 9.17) is 0 Å². The van der Waals surface area contributed by atoms with Crippen LogP contribution in [0.4, 0.5) is 5.69 Å². The first kappa shape index (κ1) is 18.1. The molecule has 2 aromatic carbocycles. The van der Waals surface area contributed by atoms with Gasteiger partial charge in [-0.1, -0.05) is 24.8 Å². The summed E-state index contributed by atoms with van der Waals surface area (Å²) in [5, 5.41) is 14.1. The molecular formula is C20H19N5O2. The first-order valence-electron chi connectivity index (χ1n) is 8.44. The smallest absolute Gasteiger partial charge is 0.251 e. The molecule has 2 N–H and O–H groups in total. The molecule has 7 nitrogen and oxygen atoms in total. The first-order chi connectivity index (χ1) is 13.2. The van der Waals surface area contributed by atoms with Crippen LogP contribution in [-0.2, 0) is 11.2 Å². The summed E-state index contributed by atoms with van der Waals surface area (Å²) in [6.45, 7) is 3.84. The van der Waals surface area contributed by atoms with Gasteiger partial charge in [-0.25, -0.2) is 0 Å². The number of para-hydroxylation sites is 1. The van der Waals surface area contributed by atoms with Gasteiger partial charge in [0.1, 0.15) is 0 Å². The number of aromatic nitrogens is 3. The lowest BCUT2D eigenvalue weighted by molar-refractivity contribution is -0.111. The van der Waals surface area contributed by atoms with Crippen LogP contribution in [0, 0.1) is 0 Å². The Hall–Kier alpha value is -3.74. The van der Waals surface area contributed by atoms with Crippen LogP contribution in [0.25, 0.3) is 5.69 Å². The molecule has 27 heavy (non-hydrogen) atoms. The molecule has 0 spiro atoms. The van der Waals surface area contributed by atoms with Crippen LogP contribution in [0.15, 0.2) is 73.4 Å². The van der Waals surface area contributed by atoms with E-state index in [0.29, 0.717) is 24.2 Å². The quantitative estimate of drug-likeness (QED) is 0.632.